The van der Waals surface area contributed by atoms with E-state index in [1.165, 1.54) is 38.4 Å². The van der Waals surface area contributed by atoms with Crippen molar-refractivity contribution in [1.29, 1.82) is 0 Å². The molecule has 21 heavy (non-hydrogen) atoms. The second-order valence-corrected chi connectivity index (χ2v) is 8.67. The first-order valence-corrected chi connectivity index (χ1v) is 9.82. The molecule has 0 radical (unpaired) electrons. The number of benzene rings is 1. The molecule has 4 heteroatoms. The fourth-order valence-corrected chi connectivity index (χ4v) is 3.86. The van der Waals surface area contributed by atoms with Gasteiger partial charge in [-0.1, -0.05) is 32.8 Å². The summed E-state index contributed by atoms with van der Waals surface area (Å²) in [5.74, 6) is 1.59. The van der Waals surface area contributed by atoms with E-state index in [1.54, 1.807) is 12.1 Å². The minimum absolute atomic E-state index is 0.390. The summed E-state index contributed by atoms with van der Waals surface area (Å²) >= 11 is 0. The molecule has 0 saturated heterocycles. The molecule has 0 aromatic heterocycles. The molecule has 1 aromatic rings. The zero-order valence-corrected chi connectivity index (χ0v) is 14.1. The molecule has 2 atom stereocenters. The first-order valence-electron chi connectivity index (χ1n) is 7.93. The van der Waals surface area contributed by atoms with Crippen LogP contribution < -0.4 is 5.32 Å². The largest absolute Gasteiger partial charge is 0.382 e. The molecule has 118 valence electrons. The first-order chi connectivity index (χ1) is 9.86. The van der Waals surface area contributed by atoms with Crippen LogP contribution in [0.4, 0.5) is 5.69 Å². The van der Waals surface area contributed by atoms with Crippen LogP contribution >= 0.6 is 0 Å². The van der Waals surface area contributed by atoms with Crippen LogP contribution in [0.2, 0.25) is 0 Å². The third-order valence-corrected chi connectivity index (χ3v) is 5.70. The smallest absolute Gasteiger partial charge is 0.175 e. The molecular weight excluding hydrogens is 282 g/mol. The Morgan fingerprint density at radius 2 is 1.90 bits per heavy atom. The van der Waals surface area contributed by atoms with E-state index in [0.717, 1.165) is 17.5 Å². The summed E-state index contributed by atoms with van der Waals surface area (Å²) in [4.78, 5) is 0.390. The molecule has 0 aliphatic heterocycles. The summed E-state index contributed by atoms with van der Waals surface area (Å²) in [6, 6.07) is 7.64. The maximum atomic E-state index is 11.6. The van der Waals surface area contributed by atoms with Crippen LogP contribution in [0.3, 0.4) is 0 Å². The Kier molecular flexibility index (Phi) is 5.31. The van der Waals surface area contributed by atoms with Gasteiger partial charge in [-0.25, -0.2) is 8.42 Å². The highest BCUT2D eigenvalue weighted by atomic mass is 32.2. The number of nitrogens with one attached hydrogen (secondary N) is 1. The predicted octanol–water partition coefficient (Wildman–Crippen LogP) is 4.11. The van der Waals surface area contributed by atoms with Crippen LogP contribution in [0.15, 0.2) is 29.2 Å². The number of sulfone groups is 1. The molecule has 0 spiro atoms. The second-order valence-electron chi connectivity index (χ2n) is 6.65. The van der Waals surface area contributed by atoms with Crippen molar-refractivity contribution in [3.63, 3.8) is 0 Å². The Labute approximate surface area is 129 Å². The van der Waals surface area contributed by atoms with Gasteiger partial charge in [0.1, 0.15) is 0 Å². The van der Waals surface area contributed by atoms with Gasteiger partial charge in [-0.3, -0.25) is 0 Å². The lowest BCUT2D eigenvalue weighted by Crippen LogP contribution is -2.19. The van der Waals surface area contributed by atoms with Crippen LogP contribution in [-0.4, -0.2) is 20.7 Å². The number of rotatable bonds is 4. The lowest BCUT2D eigenvalue weighted by Gasteiger charge is -2.20. The van der Waals surface area contributed by atoms with Crippen LogP contribution in [0.25, 0.3) is 0 Å². The Balaban J connectivity index is 2.02. The van der Waals surface area contributed by atoms with Crippen LogP contribution in [0, 0.1) is 11.8 Å². The standard InChI is InChI=1S/C17H27NO2S/c1-13(2)14-6-4-7-15(11-10-14)18-16-8-5-9-17(12-16)21(3,19)20/h5,8-9,12-15,18H,4,6-7,10-11H2,1-3H3. The number of hydrogen-bond donors (Lipinski definition) is 1. The molecule has 3 nitrogen and oxygen atoms in total. The molecule has 1 aliphatic rings. The zero-order chi connectivity index (χ0) is 15.5. The lowest BCUT2D eigenvalue weighted by atomic mass is 9.89. The van der Waals surface area contributed by atoms with Gasteiger partial charge in [0.2, 0.25) is 0 Å². The fourth-order valence-electron chi connectivity index (χ4n) is 3.19. The molecule has 1 aromatic carbocycles. The molecule has 1 fully saturated rings. The predicted molar refractivity (Wildman–Crippen MR) is 88.4 cm³/mol. The Morgan fingerprint density at radius 3 is 2.57 bits per heavy atom. The minimum Gasteiger partial charge on any atom is -0.382 e. The van der Waals surface area contributed by atoms with E-state index in [0.29, 0.717) is 10.9 Å². The summed E-state index contributed by atoms with van der Waals surface area (Å²) in [5, 5.41) is 3.53. The average molecular weight is 309 g/mol. The number of anilines is 1. The van der Waals surface area contributed by atoms with Crippen LogP contribution in [-0.2, 0) is 9.84 Å². The normalized spacial score (nSPS) is 23.8. The van der Waals surface area contributed by atoms with Gasteiger partial charge in [0, 0.05) is 18.0 Å². The van der Waals surface area contributed by atoms with E-state index < -0.39 is 9.84 Å². The Morgan fingerprint density at radius 1 is 1.14 bits per heavy atom. The molecule has 0 amide bonds. The molecular formula is C17H27NO2S. The van der Waals surface area contributed by atoms with Crippen molar-refractivity contribution in [3.8, 4) is 0 Å². The highest BCUT2D eigenvalue weighted by Crippen LogP contribution is 2.30. The summed E-state index contributed by atoms with van der Waals surface area (Å²) in [6.07, 6.45) is 7.44. The highest BCUT2D eigenvalue weighted by molar-refractivity contribution is 7.90. The van der Waals surface area contributed by atoms with E-state index in [-0.39, 0.29) is 0 Å². The molecule has 1 aliphatic carbocycles. The zero-order valence-electron chi connectivity index (χ0n) is 13.3. The van der Waals surface area contributed by atoms with Gasteiger partial charge in [-0.05, 0) is 49.3 Å². The summed E-state index contributed by atoms with van der Waals surface area (Å²) < 4.78 is 23.2. The average Bonchev–Trinajstić information content (AvgIpc) is 2.64. The Hall–Kier alpha value is -1.03. The molecule has 0 heterocycles. The van der Waals surface area contributed by atoms with E-state index in [9.17, 15) is 8.42 Å². The van der Waals surface area contributed by atoms with Gasteiger partial charge < -0.3 is 5.32 Å². The van der Waals surface area contributed by atoms with Crippen LogP contribution in [0.5, 0.6) is 0 Å². The van der Waals surface area contributed by atoms with E-state index in [2.05, 4.69) is 19.2 Å². The SMILES string of the molecule is CC(C)C1CCCC(Nc2cccc(S(C)(=O)=O)c2)CC1. The van der Waals surface area contributed by atoms with Crippen molar-refractivity contribution < 1.29 is 8.42 Å². The topological polar surface area (TPSA) is 46.2 Å². The molecule has 2 unspecified atom stereocenters. The lowest BCUT2D eigenvalue weighted by molar-refractivity contribution is 0.341. The van der Waals surface area contributed by atoms with Gasteiger partial charge in [0.15, 0.2) is 9.84 Å². The Bertz CT molecular complexity index is 566. The van der Waals surface area contributed by atoms with Gasteiger partial charge in [-0.15, -0.1) is 0 Å². The van der Waals surface area contributed by atoms with Crippen molar-refractivity contribution in [2.75, 3.05) is 11.6 Å². The van der Waals surface area contributed by atoms with Crippen molar-refractivity contribution in [2.24, 2.45) is 11.8 Å². The van der Waals surface area contributed by atoms with E-state index in [1.807, 2.05) is 12.1 Å². The first kappa shape index (κ1) is 16.3. The quantitative estimate of drug-likeness (QED) is 0.851. The van der Waals surface area contributed by atoms with E-state index >= 15 is 0 Å². The van der Waals surface area contributed by atoms with Crippen molar-refractivity contribution in [2.45, 2.75) is 56.9 Å². The van der Waals surface area contributed by atoms with Gasteiger partial charge in [0.05, 0.1) is 4.90 Å². The summed E-state index contributed by atoms with van der Waals surface area (Å²) in [7, 11) is -3.13. The van der Waals surface area contributed by atoms with Crippen molar-refractivity contribution in [3.05, 3.63) is 24.3 Å². The fraction of sp³-hybridized carbons (Fsp3) is 0.647. The van der Waals surface area contributed by atoms with Gasteiger partial charge >= 0.3 is 0 Å². The molecule has 2 rings (SSSR count). The van der Waals surface area contributed by atoms with Gasteiger partial charge in [0.25, 0.3) is 0 Å². The van der Waals surface area contributed by atoms with Crippen LogP contribution in [0.1, 0.15) is 46.0 Å². The maximum absolute atomic E-state index is 11.6. The van der Waals surface area contributed by atoms with Gasteiger partial charge in [-0.2, -0.15) is 0 Å². The number of hydrogen-bond acceptors (Lipinski definition) is 3. The van der Waals surface area contributed by atoms with Crippen molar-refractivity contribution >= 4 is 15.5 Å². The molecule has 0 bridgehead atoms. The second kappa shape index (κ2) is 6.82. The summed E-state index contributed by atoms with van der Waals surface area (Å²) in [6.45, 7) is 4.63. The highest BCUT2D eigenvalue weighted by Gasteiger charge is 2.21. The third-order valence-electron chi connectivity index (χ3n) is 4.59. The minimum atomic E-state index is -3.13. The third kappa shape index (κ3) is 4.73. The van der Waals surface area contributed by atoms with E-state index in [4.69, 9.17) is 0 Å². The molecule has 1 saturated carbocycles. The summed E-state index contributed by atoms with van der Waals surface area (Å²) in [5.41, 5.74) is 0.922. The molecule has 1 N–H and O–H groups in total. The van der Waals surface area contributed by atoms with Crippen molar-refractivity contribution in [1.82, 2.24) is 0 Å². The maximum Gasteiger partial charge on any atom is 0.175 e. The monoisotopic (exact) mass is 309 g/mol.